The van der Waals surface area contributed by atoms with Gasteiger partial charge in [-0.15, -0.1) is 0 Å². The van der Waals surface area contributed by atoms with E-state index in [-0.39, 0.29) is 12.6 Å². The minimum absolute atomic E-state index is 0.0574. The third kappa shape index (κ3) is 3.03. The van der Waals surface area contributed by atoms with Gasteiger partial charge in [-0.3, -0.25) is 0 Å². The molecule has 1 heterocycles. The van der Waals surface area contributed by atoms with E-state index in [2.05, 4.69) is 5.32 Å². The van der Waals surface area contributed by atoms with Crippen LogP contribution in [0, 0.1) is 0 Å². The van der Waals surface area contributed by atoms with Crippen molar-refractivity contribution in [2.45, 2.75) is 19.5 Å². The molecule has 2 N–H and O–H groups in total. The quantitative estimate of drug-likeness (QED) is 0.860. The molecule has 1 aliphatic rings. The summed E-state index contributed by atoms with van der Waals surface area (Å²) in [6, 6.07) is 3.82. The summed E-state index contributed by atoms with van der Waals surface area (Å²) in [5, 5.41) is 12.7. The number of fused-ring (bicyclic) bond motifs is 1. The molecule has 1 atom stereocenters. The zero-order valence-corrected chi connectivity index (χ0v) is 10.5. The zero-order valence-electron chi connectivity index (χ0n) is 9.70. The molecule has 0 unspecified atom stereocenters. The van der Waals surface area contributed by atoms with Gasteiger partial charge in [0, 0.05) is 12.6 Å². The van der Waals surface area contributed by atoms with Crippen molar-refractivity contribution in [2.24, 2.45) is 0 Å². The van der Waals surface area contributed by atoms with Gasteiger partial charge in [0.05, 0.1) is 11.6 Å². The molecule has 4 nitrogen and oxygen atoms in total. The average molecular weight is 258 g/mol. The minimum atomic E-state index is 0.0574. The highest BCUT2D eigenvalue weighted by Crippen LogP contribution is 2.38. The summed E-state index contributed by atoms with van der Waals surface area (Å²) in [5.41, 5.74) is 1.01. The van der Waals surface area contributed by atoms with Crippen LogP contribution in [0.4, 0.5) is 0 Å². The Balaban J connectivity index is 2.11. The SMILES string of the molecule is C[C@H](CO)NCc1cc(Cl)c2c(c1)OCCO2. The highest BCUT2D eigenvalue weighted by Gasteiger charge is 2.16. The lowest BCUT2D eigenvalue weighted by Crippen LogP contribution is -2.28. The highest BCUT2D eigenvalue weighted by molar-refractivity contribution is 6.32. The maximum absolute atomic E-state index is 8.93. The van der Waals surface area contributed by atoms with E-state index in [0.717, 1.165) is 5.56 Å². The number of hydrogen-bond acceptors (Lipinski definition) is 4. The maximum atomic E-state index is 8.93. The van der Waals surface area contributed by atoms with Gasteiger partial charge in [0.15, 0.2) is 11.5 Å². The molecule has 0 fully saturated rings. The lowest BCUT2D eigenvalue weighted by atomic mass is 10.2. The molecule has 1 aromatic rings. The molecule has 1 aromatic carbocycles. The van der Waals surface area contributed by atoms with Gasteiger partial charge in [-0.05, 0) is 24.6 Å². The first kappa shape index (κ1) is 12.5. The third-order valence-corrected chi connectivity index (χ3v) is 2.87. The number of ether oxygens (including phenoxy) is 2. The fourth-order valence-electron chi connectivity index (χ4n) is 1.62. The molecule has 5 heteroatoms. The molecule has 2 rings (SSSR count). The Morgan fingerprint density at radius 2 is 2.18 bits per heavy atom. The van der Waals surface area contributed by atoms with Crippen molar-refractivity contribution >= 4 is 11.6 Å². The Morgan fingerprint density at radius 3 is 2.94 bits per heavy atom. The lowest BCUT2D eigenvalue weighted by Gasteiger charge is -2.20. The molecular weight excluding hydrogens is 242 g/mol. The van der Waals surface area contributed by atoms with Crippen molar-refractivity contribution in [1.82, 2.24) is 5.32 Å². The van der Waals surface area contributed by atoms with Crippen molar-refractivity contribution in [3.8, 4) is 11.5 Å². The third-order valence-electron chi connectivity index (χ3n) is 2.59. The van der Waals surface area contributed by atoms with Crippen LogP contribution in [0.1, 0.15) is 12.5 Å². The van der Waals surface area contributed by atoms with Crippen LogP contribution in [0.25, 0.3) is 0 Å². The van der Waals surface area contributed by atoms with Crippen LogP contribution in [-0.4, -0.2) is 31.0 Å². The van der Waals surface area contributed by atoms with Crippen LogP contribution in [0.15, 0.2) is 12.1 Å². The molecule has 0 saturated heterocycles. The van der Waals surface area contributed by atoms with Gasteiger partial charge < -0.3 is 19.9 Å². The summed E-state index contributed by atoms with van der Waals surface area (Å²) in [4.78, 5) is 0. The molecular formula is C12H16ClNO3. The first-order valence-corrected chi connectivity index (χ1v) is 6.00. The Labute approximate surface area is 105 Å². The molecule has 17 heavy (non-hydrogen) atoms. The number of aliphatic hydroxyl groups excluding tert-OH is 1. The largest absolute Gasteiger partial charge is 0.486 e. The number of benzene rings is 1. The van der Waals surface area contributed by atoms with Crippen molar-refractivity contribution in [3.63, 3.8) is 0 Å². The smallest absolute Gasteiger partial charge is 0.179 e. The maximum Gasteiger partial charge on any atom is 0.179 e. The molecule has 0 spiro atoms. The molecule has 0 saturated carbocycles. The highest BCUT2D eigenvalue weighted by atomic mass is 35.5. The Hall–Kier alpha value is -0.970. The monoisotopic (exact) mass is 257 g/mol. The predicted octanol–water partition coefficient (Wildman–Crippen LogP) is 1.58. The first-order chi connectivity index (χ1) is 8.20. The van der Waals surface area contributed by atoms with Crippen LogP contribution in [0.3, 0.4) is 0 Å². The fraction of sp³-hybridized carbons (Fsp3) is 0.500. The van der Waals surface area contributed by atoms with Gasteiger partial charge in [0.25, 0.3) is 0 Å². The molecule has 0 bridgehead atoms. The van der Waals surface area contributed by atoms with Crippen LogP contribution in [0.5, 0.6) is 11.5 Å². The molecule has 1 aliphatic heterocycles. The van der Waals surface area contributed by atoms with Gasteiger partial charge in [0.2, 0.25) is 0 Å². The summed E-state index contributed by atoms with van der Waals surface area (Å²) in [7, 11) is 0. The number of hydrogen-bond donors (Lipinski definition) is 2. The molecule has 0 aliphatic carbocycles. The molecule has 0 amide bonds. The molecule has 94 valence electrons. The van der Waals surface area contributed by atoms with Crippen molar-refractivity contribution in [1.29, 1.82) is 0 Å². The Bertz CT molecular complexity index is 398. The van der Waals surface area contributed by atoms with Crippen LogP contribution >= 0.6 is 11.6 Å². The van der Waals surface area contributed by atoms with Gasteiger partial charge in [-0.25, -0.2) is 0 Å². The van der Waals surface area contributed by atoms with Crippen molar-refractivity contribution in [2.75, 3.05) is 19.8 Å². The van der Waals surface area contributed by atoms with E-state index in [1.807, 2.05) is 19.1 Å². The van der Waals surface area contributed by atoms with Crippen molar-refractivity contribution < 1.29 is 14.6 Å². The first-order valence-electron chi connectivity index (χ1n) is 5.63. The minimum Gasteiger partial charge on any atom is -0.486 e. The zero-order chi connectivity index (χ0) is 12.3. The molecule has 0 aromatic heterocycles. The summed E-state index contributed by atoms with van der Waals surface area (Å²) in [5.74, 6) is 1.31. The number of nitrogens with one attached hydrogen (secondary N) is 1. The van der Waals surface area contributed by atoms with Crippen LogP contribution < -0.4 is 14.8 Å². The fourth-order valence-corrected chi connectivity index (χ4v) is 1.91. The van der Waals surface area contributed by atoms with Gasteiger partial charge in [-0.1, -0.05) is 11.6 Å². The Morgan fingerprint density at radius 1 is 1.41 bits per heavy atom. The van der Waals surface area contributed by atoms with Crippen LogP contribution in [0.2, 0.25) is 5.02 Å². The summed E-state index contributed by atoms with van der Waals surface area (Å²) >= 11 is 6.11. The van der Waals surface area contributed by atoms with E-state index in [4.69, 9.17) is 26.2 Å². The lowest BCUT2D eigenvalue weighted by molar-refractivity contribution is 0.171. The second-order valence-corrected chi connectivity index (χ2v) is 4.47. The second-order valence-electron chi connectivity index (χ2n) is 4.07. The van der Waals surface area contributed by atoms with Gasteiger partial charge >= 0.3 is 0 Å². The number of halogens is 1. The van der Waals surface area contributed by atoms with E-state index in [1.165, 1.54) is 0 Å². The normalized spacial score (nSPS) is 15.7. The summed E-state index contributed by atoms with van der Waals surface area (Å²) in [6.45, 7) is 3.75. The topological polar surface area (TPSA) is 50.7 Å². The van der Waals surface area contributed by atoms with E-state index < -0.39 is 0 Å². The summed E-state index contributed by atoms with van der Waals surface area (Å²) < 4.78 is 10.9. The van der Waals surface area contributed by atoms with Gasteiger partial charge in [0.1, 0.15) is 13.2 Å². The van der Waals surface area contributed by atoms with Crippen molar-refractivity contribution in [3.05, 3.63) is 22.7 Å². The number of aliphatic hydroxyl groups is 1. The predicted molar refractivity (Wildman–Crippen MR) is 65.8 cm³/mol. The van der Waals surface area contributed by atoms with E-state index in [0.29, 0.717) is 36.3 Å². The van der Waals surface area contributed by atoms with E-state index in [1.54, 1.807) is 0 Å². The second kappa shape index (κ2) is 5.58. The Kier molecular flexibility index (Phi) is 4.10. The summed E-state index contributed by atoms with van der Waals surface area (Å²) in [6.07, 6.45) is 0. The average Bonchev–Trinajstić information content (AvgIpc) is 2.36. The van der Waals surface area contributed by atoms with Crippen LogP contribution in [-0.2, 0) is 6.54 Å². The number of rotatable bonds is 4. The van der Waals surface area contributed by atoms with E-state index in [9.17, 15) is 0 Å². The molecule has 0 radical (unpaired) electrons. The van der Waals surface area contributed by atoms with Gasteiger partial charge in [-0.2, -0.15) is 0 Å². The standard InChI is InChI=1S/C12H16ClNO3/c1-8(7-15)14-6-9-4-10(13)12-11(5-9)16-2-3-17-12/h4-5,8,14-15H,2-3,6-7H2,1H3/t8-/m1/s1. The van der Waals surface area contributed by atoms with E-state index >= 15 is 0 Å².